The molecule has 39 heavy (non-hydrogen) atoms. The SMILES string of the molecule is CCOc1cc(C2C(C(=O)OC3CCCCC3)=C(C)Nc3ncnn32)cc(Br)c1OCc1c(F)cccc1Cl. The van der Waals surface area contributed by atoms with Gasteiger partial charge in [-0.1, -0.05) is 24.1 Å². The van der Waals surface area contributed by atoms with E-state index in [1.54, 1.807) is 22.9 Å². The van der Waals surface area contributed by atoms with Gasteiger partial charge in [0.2, 0.25) is 5.95 Å². The van der Waals surface area contributed by atoms with Gasteiger partial charge in [-0.25, -0.2) is 13.9 Å². The molecule has 1 aliphatic heterocycles. The van der Waals surface area contributed by atoms with Crippen molar-refractivity contribution in [1.82, 2.24) is 14.8 Å². The first-order valence-corrected chi connectivity index (χ1v) is 14.1. The van der Waals surface area contributed by atoms with Crippen molar-refractivity contribution in [1.29, 1.82) is 0 Å². The summed E-state index contributed by atoms with van der Waals surface area (Å²) in [5.41, 5.74) is 2.05. The predicted molar refractivity (Wildman–Crippen MR) is 149 cm³/mol. The van der Waals surface area contributed by atoms with Crippen molar-refractivity contribution in [3.8, 4) is 11.5 Å². The molecule has 1 aliphatic carbocycles. The molecule has 206 valence electrons. The third-order valence-electron chi connectivity index (χ3n) is 6.91. The molecule has 0 spiro atoms. The highest BCUT2D eigenvalue weighted by molar-refractivity contribution is 9.10. The van der Waals surface area contributed by atoms with E-state index in [0.717, 1.165) is 32.1 Å². The summed E-state index contributed by atoms with van der Waals surface area (Å²) in [7, 11) is 0. The molecule has 0 bridgehead atoms. The Kier molecular flexibility index (Phi) is 8.42. The Labute approximate surface area is 239 Å². The minimum atomic E-state index is -0.620. The van der Waals surface area contributed by atoms with E-state index in [4.69, 9.17) is 25.8 Å². The van der Waals surface area contributed by atoms with Crippen LogP contribution < -0.4 is 14.8 Å². The summed E-state index contributed by atoms with van der Waals surface area (Å²) in [4.78, 5) is 17.9. The van der Waals surface area contributed by atoms with E-state index in [-0.39, 0.29) is 29.3 Å². The number of esters is 1. The van der Waals surface area contributed by atoms with Gasteiger partial charge in [0, 0.05) is 11.3 Å². The second-order valence-electron chi connectivity index (χ2n) is 9.51. The number of hydrogen-bond donors (Lipinski definition) is 1. The highest BCUT2D eigenvalue weighted by Crippen LogP contribution is 2.43. The fourth-order valence-corrected chi connectivity index (χ4v) is 5.82. The molecular weight excluding hydrogens is 591 g/mol. The fourth-order valence-electron chi connectivity index (χ4n) is 5.02. The van der Waals surface area contributed by atoms with Gasteiger partial charge in [0.25, 0.3) is 0 Å². The molecule has 8 nitrogen and oxygen atoms in total. The van der Waals surface area contributed by atoms with Crippen molar-refractivity contribution in [2.45, 2.75) is 64.7 Å². The summed E-state index contributed by atoms with van der Waals surface area (Å²) in [6.45, 7) is 3.95. The molecule has 2 aliphatic rings. The van der Waals surface area contributed by atoms with Crippen molar-refractivity contribution >= 4 is 39.4 Å². The molecule has 2 heterocycles. The molecule has 0 radical (unpaired) electrons. The van der Waals surface area contributed by atoms with E-state index in [2.05, 4.69) is 31.3 Å². The second kappa shape index (κ2) is 12.0. The Morgan fingerprint density at radius 2 is 2.03 bits per heavy atom. The number of anilines is 1. The molecule has 11 heteroatoms. The summed E-state index contributed by atoms with van der Waals surface area (Å²) in [5.74, 6) is 0.479. The Balaban J connectivity index is 1.51. The van der Waals surface area contributed by atoms with Crippen LogP contribution in [-0.4, -0.2) is 33.4 Å². The first-order valence-electron chi connectivity index (χ1n) is 13.0. The molecule has 1 fully saturated rings. The topological polar surface area (TPSA) is 87.5 Å². The van der Waals surface area contributed by atoms with Crippen molar-refractivity contribution in [2.24, 2.45) is 0 Å². The number of allylic oxidation sites excluding steroid dienone is 1. The lowest BCUT2D eigenvalue weighted by Gasteiger charge is -2.30. The number of nitrogens with zero attached hydrogens (tertiary/aromatic N) is 3. The fraction of sp³-hybridized carbons (Fsp3) is 0.393. The van der Waals surface area contributed by atoms with Gasteiger partial charge in [-0.05, 0) is 85.3 Å². The van der Waals surface area contributed by atoms with E-state index in [0.29, 0.717) is 45.4 Å². The van der Waals surface area contributed by atoms with Gasteiger partial charge in [-0.2, -0.15) is 10.1 Å². The number of nitrogens with one attached hydrogen (secondary N) is 1. The minimum Gasteiger partial charge on any atom is -0.490 e. The van der Waals surface area contributed by atoms with Crippen molar-refractivity contribution in [3.63, 3.8) is 0 Å². The van der Waals surface area contributed by atoms with Gasteiger partial charge < -0.3 is 19.5 Å². The molecule has 0 amide bonds. The van der Waals surface area contributed by atoms with Crippen LogP contribution in [0.5, 0.6) is 11.5 Å². The number of hydrogen-bond acceptors (Lipinski definition) is 7. The quantitative estimate of drug-likeness (QED) is 0.272. The largest absolute Gasteiger partial charge is 0.490 e. The molecule has 1 saturated carbocycles. The molecule has 3 aromatic rings. The molecule has 2 aromatic carbocycles. The summed E-state index contributed by atoms with van der Waals surface area (Å²) in [6, 6.07) is 7.51. The van der Waals surface area contributed by atoms with Gasteiger partial charge in [0.1, 0.15) is 30.9 Å². The van der Waals surface area contributed by atoms with Crippen LogP contribution in [0, 0.1) is 5.82 Å². The van der Waals surface area contributed by atoms with Gasteiger partial charge in [0.05, 0.1) is 21.7 Å². The van der Waals surface area contributed by atoms with Crippen LogP contribution in [0.3, 0.4) is 0 Å². The average Bonchev–Trinajstić information content (AvgIpc) is 3.37. The highest BCUT2D eigenvalue weighted by atomic mass is 79.9. The predicted octanol–water partition coefficient (Wildman–Crippen LogP) is 6.98. The van der Waals surface area contributed by atoms with Crippen LogP contribution in [0.2, 0.25) is 5.02 Å². The number of ether oxygens (including phenoxy) is 3. The van der Waals surface area contributed by atoms with Crippen LogP contribution in [0.25, 0.3) is 0 Å². The lowest BCUT2D eigenvalue weighted by atomic mass is 9.94. The molecule has 0 saturated heterocycles. The van der Waals surface area contributed by atoms with E-state index >= 15 is 0 Å². The number of fused-ring (bicyclic) bond motifs is 1. The van der Waals surface area contributed by atoms with E-state index in [1.165, 1.54) is 12.4 Å². The highest BCUT2D eigenvalue weighted by Gasteiger charge is 2.36. The number of aromatic nitrogens is 3. The minimum absolute atomic E-state index is 0.0952. The Morgan fingerprint density at radius 1 is 1.23 bits per heavy atom. The lowest BCUT2D eigenvalue weighted by Crippen LogP contribution is -2.32. The van der Waals surface area contributed by atoms with Crippen LogP contribution in [0.1, 0.15) is 63.1 Å². The van der Waals surface area contributed by atoms with Crippen LogP contribution >= 0.6 is 27.5 Å². The summed E-state index contributed by atoms with van der Waals surface area (Å²) in [6.07, 6.45) is 6.33. The maximum Gasteiger partial charge on any atom is 0.338 e. The maximum atomic E-state index is 14.4. The Morgan fingerprint density at radius 3 is 2.77 bits per heavy atom. The van der Waals surface area contributed by atoms with Gasteiger partial charge in [-0.15, -0.1) is 0 Å². The van der Waals surface area contributed by atoms with Crippen LogP contribution in [0.4, 0.5) is 10.3 Å². The zero-order valence-electron chi connectivity index (χ0n) is 21.7. The van der Waals surface area contributed by atoms with E-state index in [9.17, 15) is 9.18 Å². The lowest BCUT2D eigenvalue weighted by molar-refractivity contribution is -0.146. The number of carbonyl (C=O) groups is 1. The Bertz CT molecular complexity index is 1390. The molecule has 1 unspecified atom stereocenters. The number of halogens is 3. The molecule has 5 rings (SSSR count). The smallest absolute Gasteiger partial charge is 0.338 e. The van der Waals surface area contributed by atoms with E-state index in [1.807, 2.05) is 19.9 Å². The molecule has 1 aromatic heterocycles. The third kappa shape index (κ3) is 5.77. The van der Waals surface area contributed by atoms with Crippen molar-refractivity contribution in [3.05, 3.63) is 74.4 Å². The first kappa shape index (κ1) is 27.5. The second-order valence-corrected chi connectivity index (χ2v) is 10.8. The number of benzene rings is 2. The summed E-state index contributed by atoms with van der Waals surface area (Å²) in [5, 5.41) is 7.86. The van der Waals surface area contributed by atoms with Gasteiger partial charge in [-0.3, -0.25) is 0 Å². The number of rotatable bonds is 8. The molecule has 1 atom stereocenters. The monoisotopic (exact) mass is 618 g/mol. The van der Waals surface area contributed by atoms with Gasteiger partial charge in [0.15, 0.2) is 11.5 Å². The zero-order chi connectivity index (χ0) is 27.5. The third-order valence-corrected chi connectivity index (χ3v) is 7.85. The summed E-state index contributed by atoms with van der Waals surface area (Å²) >= 11 is 9.80. The zero-order valence-corrected chi connectivity index (χ0v) is 24.0. The standard InChI is InChI=1S/C28H29BrClFN4O4/c1-3-37-23-13-17(12-20(29)26(23)38-14-19-21(30)10-7-11-22(19)31)25-24(16(2)34-28-32-15-33-35(25)28)27(36)39-18-8-5-4-6-9-18/h7,10-13,15,18,25H,3-6,8-9,14H2,1-2H3,(H,32,33,34). The molecule has 1 N–H and O–H groups in total. The van der Waals surface area contributed by atoms with Crippen molar-refractivity contribution in [2.75, 3.05) is 11.9 Å². The van der Waals surface area contributed by atoms with Crippen molar-refractivity contribution < 1.29 is 23.4 Å². The van der Waals surface area contributed by atoms with Gasteiger partial charge >= 0.3 is 5.97 Å². The van der Waals surface area contributed by atoms with Crippen LogP contribution in [0.15, 0.2) is 52.4 Å². The summed E-state index contributed by atoms with van der Waals surface area (Å²) < 4.78 is 34.5. The first-order chi connectivity index (χ1) is 18.9. The van der Waals surface area contributed by atoms with E-state index < -0.39 is 11.9 Å². The average molecular weight is 620 g/mol. The Hall–Kier alpha value is -3.11. The molecular formula is C28H29BrClFN4O4. The normalized spacial score (nSPS) is 17.4. The van der Waals surface area contributed by atoms with Crippen LogP contribution in [-0.2, 0) is 16.1 Å². The maximum absolute atomic E-state index is 14.4. The number of carbonyl (C=O) groups excluding carboxylic acids is 1.